The van der Waals surface area contributed by atoms with E-state index in [4.69, 9.17) is 0 Å². The number of amides is 1. The summed E-state index contributed by atoms with van der Waals surface area (Å²) in [5.41, 5.74) is 0.662. The second kappa shape index (κ2) is 6.97. The van der Waals surface area contributed by atoms with Gasteiger partial charge in [-0.15, -0.1) is 11.3 Å². The van der Waals surface area contributed by atoms with E-state index in [-0.39, 0.29) is 11.6 Å². The summed E-state index contributed by atoms with van der Waals surface area (Å²) in [6, 6.07) is 13.9. The van der Waals surface area contributed by atoms with Crippen molar-refractivity contribution in [2.24, 2.45) is 0 Å². The molecule has 0 saturated heterocycles. The molecule has 4 aromatic rings. The minimum atomic E-state index is -0.408. The predicted octanol–water partition coefficient (Wildman–Crippen LogP) is 3.79. The number of thiophene rings is 1. The number of halogens is 1. The van der Waals surface area contributed by atoms with Crippen LogP contribution in [-0.4, -0.2) is 20.3 Å². The third-order valence-electron chi connectivity index (χ3n) is 3.92. The van der Waals surface area contributed by atoms with Gasteiger partial charge in [0.05, 0.1) is 12.7 Å². The number of nitrogens with zero attached hydrogens (tertiary/aromatic N) is 3. The third-order valence-corrected chi connectivity index (χ3v) is 4.80. The van der Waals surface area contributed by atoms with Crippen LogP contribution in [-0.2, 0) is 6.54 Å². The zero-order chi connectivity index (χ0) is 17.9. The number of rotatable bonds is 5. The van der Waals surface area contributed by atoms with Crippen molar-refractivity contribution >= 4 is 17.2 Å². The van der Waals surface area contributed by atoms with E-state index in [0.717, 1.165) is 4.88 Å². The number of benzene rings is 1. The number of hydrogen-bond donors (Lipinski definition) is 1. The Balaban J connectivity index is 1.73. The minimum absolute atomic E-state index is 0.260. The number of nitrogens with one attached hydrogen (secondary N) is 1. The van der Waals surface area contributed by atoms with E-state index in [1.54, 1.807) is 46.5 Å². The molecule has 5 nitrogen and oxygen atoms in total. The van der Waals surface area contributed by atoms with E-state index < -0.39 is 5.82 Å². The van der Waals surface area contributed by atoms with Crippen LogP contribution < -0.4 is 5.32 Å². The monoisotopic (exact) mass is 366 g/mol. The van der Waals surface area contributed by atoms with E-state index in [0.29, 0.717) is 17.9 Å². The first-order valence-corrected chi connectivity index (χ1v) is 8.89. The molecule has 1 amide bonds. The van der Waals surface area contributed by atoms with Crippen LogP contribution in [0.2, 0.25) is 0 Å². The summed E-state index contributed by atoms with van der Waals surface area (Å²) >= 11 is 1.58. The number of carbonyl (C=O) groups is 1. The van der Waals surface area contributed by atoms with Gasteiger partial charge in [-0.3, -0.25) is 4.79 Å². The maximum absolute atomic E-state index is 14.3. The normalized spacial score (nSPS) is 10.8. The fraction of sp³-hybridized carbons (Fsp3) is 0.0526. The van der Waals surface area contributed by atoms with Crippen molar-refractivity contribution in [3.8, 4) is 11.5 Å². The van der Waals surface area contributed by atoms with E-state index in [1.807, 2.05) is 29.6 Å². The van der Waals surface area contributed by atoms with Crippen LogP contribution in [0.15, 0.2) is 72.5 Å². The zero-order valence-corrected chi connectivity index (χ0v) is 14.5. The Bertz CT molecular complexity index is 1020. The Kier molecular flexibility index (Phi) is 4.37. The van der Waals surface area contributed by atoms with Gasteiger partial charge < -0.3 is 9.88 Å². The molecular formula is C19H15FN4OS. The van der Waals surface area contributed by atoms with Gasteiger partial charge in [-0.25, -0.2) is 9.07 Å². The lowest BCUT2D eigenvalue weighted by atomic mass is 10.2. The molecule has 0 spiro atoms. The minimum Gasteiger partial charge on any atom is -0.347 e. The smallest absolute Gasteiger partial charge is 0.257 e. The zero-order valence-electron chi connectivity index (χ0n) is 13.7. The van der Waals surface area contributed by atoms with E-state index in [1.165, 1.54) is 16.9 Å². The van der Waals surface area contributed by atoms with Crippen molar-refractivity contribution in [2.75, 3.05) is 0 Å². The third kappa shape index (κ3) is 3.04. The molecule has 0 bridgehead atoms. The van der Waals surface area contributed by atoms with Gasteiger partial charge in [0.2, 0.25) is 0 Å². The Morgan fingerprint density at radius 1 is 1.12 bits per heavy atom. The molecule has 1 aromatic carbocycles. The van der Waals surface area contributed by atoms with E-state index in [2.05, 4.69) is 10.4 Å². The van der Waals surface area contributed by atoms with Gasteiger partial charge in [-0.1, -0.05) is 18.2 Å². The van der Waals surface area contributed by atoms with Crippen molar-refractivity contribution in [3.05, 3.63) is 88.8 Å². The SMILES string of the molecule is O=C(NCc1cccs1)c1cnn(-c2ccccc2F)c1-n1cccc1. The molecule has 4 rings (SSSR count). The Morgan fingerprint density at radius 2 is 1.92 bits per heavy atom. The summed E-state index contributed by atoms with van der Waals surface area (Å²) in [5, 5.41) is 9.12. The van der Waals surface area contributed by atoms with Crippen LogP contribution >= 0.6 is 11.3 Å². The van der Waals surface area contributed by atoms with E-state index in [9.17, 15) is 9.18 Å². The molecule has 0 unspecified atom stereocenters. The predicted molar refractivity (Wildman–Crippen MR) is 98.3 cm³/mol. The maximum atomic E-state index is 14.3. The van der Waals surface area contributed by atoms with Crippen LogP contribution in [0, 0.1) is 5.82 Å². The molecule has 0 fully saturated rings. The van der Waals surface area contributed by atoms with Crippen molar-refractivity contribution < 1.29 is 9.18 Å². The van der Waals surface area contributed by atoms with Gasteiger partial charge in [-0.05, 0) is 35.7 Å². The van der Waals surface area contributed by atoms with Gasteiger partial charge in [0.15, 0.2) is 5.82 Å². The second-order valence-electron chi connectivity index (χ2n) is 5.60. The van der Waals surface area contributed by atoms with Gasteiger partial charge in [0.25, 0.3) is 5.91 Å². The first kappa shape index (κ1) is 16.3. The fourth-order valence-electron chi connectivity index (χ4n) is 2.70. The van der Waals surface area contributed by atoms with Crippen LogP contribution in [0.5, 0.6) is 0 Å². The number of carbonyl (C=O) groups excluding carboxylic acids is 1. The van der Waals surface area contributed by atoms with Crippen LogP contribution in [0.25, 0.3) is 11.5 Å². The van der Waals surface area contributed by atoms with Crippen molar-refractivity contribution in [1.29, 1.82) is 0 Å². The number of hydrogen-bond acceptors (Lipinski definition) is 3. The Labute approximate surface area is 153 Å². The Morgan fingerprint density at radius 3 is 2.65 bits per heavy atom. The molecular weight excluding hydrogens is 351 g/mol. The van der Waals surface area contributed by atoms with Crippen molar-refractivity contribution in [2.45, 2.75) is 6.54 Å². The molecule has 26 heavy (non-hydrogen) atoms. The lowest BCUT2D eigenvalue weighted by molar-refractivity contribution is 0.0951. The Hall–Kier alpha value is -3.19. The quantitative estimate of drug-likeness (QED) is 0.584. The molecule has 7 heteroatoms. The molecule has 0 atom stereocenters. The summed E-state index contributed by atoms with van der Waals surface area (Å²) in [4.78, 5) is 13.8. The van der Waals surface area contributed by atoms with Crippen LogP contribution in [0.1, 0.15) is 15.2 Å². The average molecular weight is 366 g/mol. The van der Waals surface area contributed by atoms with Crippen molar-refractivity contribution in [3.63, 3.8) is 0 Å². The van der Waals surface area contributed by atoms with Gasteiger partial charge >= 0.3 is 0 Å². The lowest BCUT2D eigenvalue weighted by Gasteiger charge is -2.11. The highest BCUT2D eigenvalue weighted by atomic mass is 32.1. The fourth-order valence-corrected chi connectivity index (χ4v) is 3.35. The highest BCUT2D eigenvalue weighted by Gasteiger charge is 2.21. The molecule has 1 N–H and O–H groups in total. The first-order chi connectivity index (χ1) is 12.7. The van der Waals surface area contributed by atoms with Gasteiger partial charge in [0.1, 0.15) is 17.1 Å². The summed E-state index contributed by atoms with van der Waals surface area (Å²) in [6.07, 6.45) is 5.06. The summed E-state index contributed by atoms with van der Waals surface area (Å²) in [6.45, 7) is 0.437. The average Bonchev–Trinajstić information content (AvgIpc) is 3.40. The van der Waals surface area contributed by atoms with Crippen molar-refractivity contribution in [1.82, 2.24) is 19.7 Å². The molecule has 0 saturated carbocycles. The first-order valence-electron chi connectivity index (χ1n) is 8.01. The summed E-state index contributed by atoms with van der Waals surface area (Å²) < 4.78 is 17.5. The van der Waals surface area contributed by atoms with Crippen LogP contribution in [0.3, 0.4) is 0 Å². The summed E-state index contributed by atoms with van der Waals surface area (Å²) in [7, 11) is 0. The lowest BCUT2D eigenvalue weighted by Crippen LogP contribution is -2.23. The molecule has 3 aromatic heterocycles. The summed E-state index contributed by atoms with van der Waals surface area (Å²) in [5.74, 6) is -0.178. The standard InChI is InChI=1S/C19H15FN4OS/c20-16-7-1-2-8-17(16)24-19(23-9-3-4-10-23)15(13-22-24)18(25)21-12-14-6-5-11-26-14/h1-11,13H,12H2,(H,21,25). The molecule has 0 aliphatic rings. The topological polar surface area (TPSA) is 51.9 Å². The maximum Gasteiger partial charge on any atom is 0.257 e. The highest BCUT2D eigenvalue weighted by Crippen LogP contribution is 2.22. The molecule has 3 heterocycles. The second-order valence-corrected chi connectivity index (χ2v) is 6.63. The number of para-hydroxylation sites is 1. The molecule has 0 radical (unpaired) electrons. The molecule has 0 aliphatic carbocycles. The largest absolute Gasteiger partial charge is 0.347 e. The van der Waals surface area contributed by atoms with Crippen LogP contribution in [0.4, 0.5) is 4.39 Å². The number of aromatic nitrogens is 3. The van der Waals surface area contributed by atoms with E-state index >= 15 is 0 Å². The molecule has 0 aliphatic heterocycles. The van der Waals surface area contributed by atoms with Gasteiger partial charge in [0, 0.05) is 17.3 Å². The highest BCUT2D eigenvalue weighted by molar-refractivity contribution is 7.09. The van der Waals surface area contributed by atoms with Gasteiger partial charge in [-0.2, -0.15) is 5.10 Å². The molecule has 130 valence electrons.